The molecular weight excluding hydrogens is 609 g/mol. The highest BCUT2D eigenvalue weighted by atomic mass is 32.1. The minimum Gasteiger partial charge on any atom is -0.457 e. The molecule has 0 amide bonds. The zero-order valence-corrected chi connectivity index (χ0v) is 28.9. The Morgan fingerprint density at radius 2 is 1.38 bits per heavy atom. The Hall–Kier alpha value is -3.54. The van der Waals surface area contributed by atoms with Gasteiger partial charge in [0.15, 0.2) is 0 Å². The molecule has 4 aromatic carbocycles. The molecule has 0 radical (unpaired) electrons. The highest BCUT2D eigenvalue weighted by Crippen LogP contribution is 2.62. The van der Waals surface area contributed by atoms with Crippen molar-refractivity contribution in [1.29, 1.82) is 0 Å². The summed E-state index contributed by atoms with van der Waals surface area (Å²) in [4.78, 5) is 2.62. The third kappa shape index (κ3) is 3.79. The van der Waals surface area contributed by atoms with E-state index in [9.17, 15) is 0 Å². The summed E-state index contributed by atoms with van der Waals surface area (Å²) in [6.45, 7) is 7.08. The van der Waals surface area contributed by atoms with Crippen LogP contribution in [-0.4, -0.2) is 6.71 Å². The lowest BCUT2D eigenvalue weighted by molar-refractivity contribution is -0.00522. The van der Waals surface area contributed by atoms with Gasteiger partial charge in [-0.1, -0.05) is 63.2 Å². The second kappa shape index (κ2) is 9.33. The molecule has 0 unspecified atom stereocenters. The lowest BCUT2D eigenvalue weighted by Gasteiger charge is -2.57. The Morgan fingerprint density at radius 1 is 0.745 bits per heavy atom. The number of fused-ring (bicyclic) bond motifs is 8. The maximum Gasteiger partial charge on any atom is 0.270 e. The van der Waals surface area contributed by atoms with Gasteiger partial charge in [-0.15, -0.1) is 22.7 Å². The van der Waals surface area contributed by atoms with Crippen molar-refractivity contribution < 1.29 is 4.74 Å². The third-order valence-corrected chi connectivity index (χ3v) is 14.8. The molecule has 2 aromatic heterocycles. The average Bonchev–Trinajstić information content (AvgIpc) is 3.62. The first-order valence-corrected chi connectivity index (χ1v) is 19.3. The van der Waals surface area contributed by atoms with E-state index >= 15 is 0 Å². The number of nitrogens with zero attached hydrogens (tertiary/aromatic N) is 1. The number of thiophene rings is 2. The number of benzene rings is 4. The van der Waals surface area contributed by atoms with Crippen LogP contribution in [0.3, 0.4) is 0 Å². The van der Waals surface area contributed by atoms with Crippen LogP contribution < -0.4 is 25.3 Å². The van der Waals surface area contributed by atoms with Gasteiger partial charge in [-0.05, 0) is 137 Å². The number of ether oxygens (including phenoxy) is 1. The molecular formula is C42H38BNOS2. The van der Waals surface area contributed by atoms with Gasteiger partial charge in [0.05, 0.1) is 5.00 Å². The Balaban J connectivity index is 1.21. The topological polar surface area (TPSA) is 12.5 Å². The van der Waals surface area contributed by atoms with Gasteiger partial charge in [-0.3, -0.25) is 0 Å². The van der Waals surface area contributed by atoms with E-state index in [0.717, 1.165) is 29.3 Å². The maximum absolute atomic E-state index is 7.22. The summed E-state index contributed by atoms with van der Waals surface area (Å²) >= 11 is 3.89. The summed E-state index contributed by atoms with van der Waals surface area (Å²) in [6.07, 6.45) is 8.41. The molecule has 4 heterocycles. The lowest BCUT2D eigenvalue weighted by atomic mass is 9.37. The summed E-state index contributed by atoms with van der Waals surface area (Å²) in [6, 6.07) is 32.6. The monoisotopic (exact) mass is 647 g/mol. The molecule has 0 N–H and O–H groups in total. The number of rotatable bonds is 2. The van der Waals surface area contributed by atoms with Crippen molar-refractivity contribution in [1.82, 2.24) is 0 Å². The van der Waals surface area contributed by atoms with E-state index < -0.39 is 0 Å². The second-order valence-corrected chi connectivity index (χ2v) is 18.5. The van der Waals surface area contributed by atoms with Crippen LogP contribution in [0.5, 0.6) is 11.5 Å². The summed E-state index contributed by atoms with van der Waals surface area (Å²) in [7, 11) is 0. The van der Waals surface area contributed by atoms with Crippen LogP contribution in [0.25, 0.3) is 20.2 Å². The highest BCUT2D eigenvalue weighted by Gasteiger charge is 2.53. The van der Waals surface area contributed by atoms with E-state index in [-0.39, 0.29) is 17.5 Å². The van der Waals surface area contributed by atoms with Crippen molar-refractivity contribution in [2.75, 3.05) is 4.90 Å². The first-order chi connectivity index (χ1) is 22.8. The van der Waals surface area contributed by atoms with Crippen LogP contribution in [0.1, 0.15) is 70.4 Å². The van der Waals surface area contributed by atoms with Gasteiger partial charge in [0.25, 0.3) is 6.71 Å². The van der Waals surface area contributed by atoms with Gasteiger partial charge in [0, 0.05) is 30.9 Å². The molecule has 12 rings (SSSR count). The van der Waals surface area contributed by atoms with Gasteiger partial charge < -0.3 is 9.64 Å². The van der Waals surface area contributed by atoms with Crippen molar-refractivity contribution in [2.24, 2.45) is 17.8 Å². The number of hydrogen-bond donors (Lipinski definition) is 0. The molecule has 6 aliphatic rings. The molecule has 2 aliphatic heterocycles. The molecule has 0 saturated heterocycles. The highest BCUT2D eigenvalue weighted by molar-refractivity contribution is 7.35. The Kier molecular flexibility index (Phi) is 5.44. The summed E-state index contributed by atoms with van der Waals surface area (Å²) in [5.74, 6) is 4.85. The summed E-state index contributed by atoms with van der Waals surface area (Å²) < 4.78 is 11.3. The zero-order chi connectivity index (χ0) is 31.2. The molecule has 232 valence electrons. The van der Waals surface area contributed by atoms with Crippen molar-refractivity contribution >= 4 is 81.6 Å². The first-order valence-electron chi connectivity index (χ1n) is 17.6. The lowest BCUT2D eigenvalue weighted by Crippen LogP contribution is -2.58. The predicted octanol–water partition coefficient (Wildman–Crippen LogP) is 10.3. The molecule has 4 bridgehead atoms. The molecule has 47 heavy (non-hydrogen) atoms. The molecule has 5 heteroatoms. The second-order valence-electron chi connectivity index (χ2n) is 16.4. The zero-order valence-electron chi connectivity index (χ0n) is 27.3. The van der Waals surface area contributed by atoms with E-state index in [2.05, 4.69) is 111 Å². The van der Waals surface area contributed by atoms with Crippen molar-refractivity contribution in [3.8, 4) is 11.5 Å². The first kappa shape index (κ1) is 27.4. The molecule has 4 aliphatic carbocycles. The minimum atomic E-state index is 0.108. The Labute approximate surface area is 285 Å². The fourth-order valence-electron chi connectivity index (χ4n) is 10.8. The van der Waals surface area contributed by atoms with Crippen molar-refractivity contribution in [3.63, 3.8) is 0 Å². The minimum absolute atomic E-state index is 0.108. The molecule has 4 saturated carbocycles. The predicted molar refractivity (Wildman–Crippen MR) is 202 cm³/mol. The third-order valence-electron chi connectivity index (χ3n) is 12.4. The van der Waals surface area contributed by atoms with Crippen LogP contribution in [-0.2, 0) is 10.8 Å². The van der Waals surface area contributed by atoms with E-state index in [1.807, 2.05) is 22.7 Å². The summed E-state index contributed by atoms with van der Waals surface area (Å²) in [5.41, 5.74) is 8.67. The molecule has 6 aromatic rings. The van der Waals surface area contributed by atoms with Gasteiger partial charge in [-0.2, -0.15) is 0 Å². The van der Waals surface area contributed by atoms with Crippen LogP contribution in [0.4, 0.5) is 16.4 Å². The Bertz CT molecular complexity index is 2240. The largest absolute Gasteiger partial charge is 0.457 e. The van der Waals surface area contributed by atoms with Crippen molar-refractivity contribution in [3.05, 3.63) is 96.1 Å². The maximum atomic E-state index is 7.22. The van der Waals surface area contributed by atoms with E-state index in [4.69, 9.17) is 4.74 Å². The van der Waals surface area contributed by atoms with E-state index in [1.165, 1.54) is 102 Å². The normalized spacial score (nSPS) is 25.2. The Morgan fingerprint density at radius 3 is 2.06 bits per heavy atom. The van der Waals surface area contributed by atoms with Crippen LogP contribution in [0.2, 0.25) is 0 Å². The van der Waals surface area contributed by atoms with Crippen LogP contribution >= 0.6 is 22.7 Å². The quantitative estimate of drug-likeness (QED) is 0.173. The molecule has 0 spiro atoms. The van der Waals surface area contributed by atoms with Crippen LogP contribution in [0, 0.1) is 17.8 Å². The van der Waals surface area contributed by atoms with Gasteiger partial charge >= 0.3 is 0 Å². The van der Waals surface area contributed by atoms with Gasteiger partial charge in [0.2, 0.25) is 0 Å². The van der Waals surface area contributed by atoms with Gasteiger partial charge in [0.1, 0.15) is 11.5 Å². The number of hydrogen-bond acceptors (Lipinski definition) is 4. The SMILES string of the molecule is CC(C)(C)c1ccc(N2c3cc(C45CC6CC(CC(C6)C4)C5)cc4c3B(c3sc5ccccc5c3O4)c3c2sc2ccccc32)cc1. The fraction of sp³-hybridized carbons (Fsp3) is 0.333. The van der Waals surface area contributed by atoms with Crippen molar-refractivity contribution in [2.45, 2.75) is 70.1 Å². The van der Waals surface area contributed by atoms with E-state index in [1.54, 1.807) is 0 Å². The van der Waals surface area contributed by atoms with Crippen LogP contribution in [0.15, 0.2) is 84.9 Å². The standard InChI is InChI=1S/C42H38BNOS2/c1-41(2,3)27-12-14-29(15-13-27)44-32-19-28(42-21-24-16-25(22-42)18-26(17-24)23-42)20-33-37(32)43(36-30-8-4-6-10-34(30)47-40(36)44)39-38(45-33)31-9-5-7-11-35(31)46-39/h4-15,19-20,24-26H,16-18,21-23H2,1-3H3. The number of anilines is 3. The molecule has 2 nitrogen and oxygen atoms in total. The average molecular weight is 648 g/mol. The molecule has 0 atom stereocenters. The molecule has 4 fully saturated rings. The van der Waals surface area contributed by atoms with Gasteiger partial charge in [-0.25, -0.2) is 0 Å². The fourth-order valence-corrected chi connectivity index (χ4v) is 13.3. The van der Waals surface area contributed by atoms with E-state index in [0.29, 0.717) is 0 Å². The smallest absolute Gasteiger partial charge is 0.270 e. The summed E-state index contributed by atoms with van der Waals surface area (Å²) in [5, 5.41) is 3.99.